The molecule has 168 valence electrons. The zero-order valence-electron chi connectivity index (χ0n) is 17.2. The molecule has 2 atom stereocenters. The maximum atomic E-state index is 13.4. The van der Waals surface area contributed by atoms with E-state index in [1.807, 2.05) is 6.92 Å². The molecule has 31 heavy (non-hydrogen) atoms. The average molecular weight is 453 g/mol. The third kappa shape index (κ3) is 4.57. The van der Waals surface area contributed by atoms with Crippen molar-refractivity contribution < 1.29 is 32.3 Å². The summed E-state index contributed by atoms with van der Waals surface area (Å²) in [6.45, 7) is 2.29. The van der Waals surface area contributed by atoms with Crippen molar-refractivity contribution in [3.05, 3.63) is 59.4 Å². The summed E-state index contributed by atoms with van der Waals surface area (Å²) < 4.78 is 51.0. The van der Waals surface area contributed by atoms with Gasteiger partial charge in [-0.1, -0.05) is 6.07 Å². The van der Waals surface area contributed by atoms with Crippen LogP contribution in [0.2, 0.25) is 0 Å². The molecule has 2 aromatic rings. The van der Waals surface area contributed by atoms with E-state index in [1.54, 1.807) is 6.07 Å². The van der Waals surface area contributed by atoms with Gasteiger partial charge in [-0.3, -0.25) is 10.0 Å². The minimum Gasteiger partial charge on any atom is -0.489 e. The fraction of sp³-hybridized carbons (Fsp3) is 0.381. The quantitative estimate of drug-likeness (QED) is 0.433. The second-order valence-corrected chi connectivity index (χ2v) is 9.49. The van der Waals surface area contributed by atoms with Gasteiger partial charge >= 0.3 is 0 Å². The highest BCUT2D eigenvalue weighted by atomic mass is 32.2. The molecule has 1 amide bonds. The molecule has 1 fully saturated rings. The van der Waals surface area contributed by atoms with Gasteiger partial charge in [0.1, 0.15) is 23.4 Å². The van der Waals surface area contributed by atoms with E-state index in [0.717, 1.165) is 5.56 Å². The highest BCUT2D eigenvalue weighted by molar-refractivity contribution is 7.92. The van der Waals surface area contributed by atoms with Crippen molar-refractivity contribution in [2.75, 3.05) is 20.2 Å². The number of carbonyl (C=O) groups is 1. The van der Waals surface area contributed by atoms with E-state index < -0.39 is 26.6 Å². The molecule has 3 N–H and O–H groups in total. The van der Waals surface area contributed by atoms with Crippen LogP contribution in [0.5, 0.6) is 5.75 Å². The number of halogens is 1. The fourth-order valence-electron chi connectivity index (χ4n) is 3.72. The Kier molecular flexibility index (Phi) is 6.95. The standard InChI is InChI=1S/C21H25FN2O6S/c1-14-3-4-16(22)11-15(14)12-30-17-5-7-18(8-6-17)31(27,28)19-9-10-23-13-21(19,29-2)20(25)24-26/h3-8,11,19,23,26H,9-10,12-13H2,1-2H3,(H,24,25). The number of aryl methyl sites for hydroxylation is 1. The van der Waals surface area contributed by atoms with E-state index in [4.69, 9.17) is 14.7 Å². The molecule has 8 nitrogen and oxygen atoms in total. The van der Waals surface area contributed by atoms with Gasteiger partial charge in [-0.15, -0.1) is 0 Å². The molecule has 0 bridgehead atoms. The van der Waals surface area contributed by atoms with Crippen LogP contribution in [0.4, 0.5) is 4.39 Å². The number of ether oxygens (including phenoxy) is 2. The molecule has 0 aromatic heterocycles. The van der Waals surface area contributed by atoms with Crippen LogP contribution < -0.4 is 15.5 Å². The monoisotopic (exact) mass is 452 g/mol. The summed E-state index contributed by atoms with van der Waals surface area (Å²) in [5.41, 5.74) is 1.31. The molecule has 3 rings (SSSR count). The molecule has 1 aliphatic rings. The second-order valence-electron chi connectivity index (χ2n) is 7.36. The van der Waals surface area contributed by atoms with Crippen LogP contribution in [0.15, 0.2) is 47.4 Å². The summed E-state index contributed by atoms with van der Waals surface area (Å²) in [6, 6.07) is 10.2. The van der Waals surface area contributed by atoms with E-state index in [2.05, 4.69) is 5.32 Å². The Bertz CT molecular complexity index is 1040. The second kappa shape index (κ2) is 9.31. The van der Waals surface area contributed by atoms with Gasteiger partial charge < -0.3 is 14.8 Å². The number of piperidine rings is 1. The van der Waals surface area contributed by atoms with E-state index in [1.165, 1.54) is 49.0 Å². The van der Waals surface area contributed by atoms with Gasteiger partial charge in [-0.05, 0) is 67.4 Å². The van der Waals surface area contributed by atoms with E-state index >= 15 is 0 Å². The van der Waals surface area contributed by atoms with Crippen LogP contribution in [-0.4, -0.2) is 50.6 Å². The Balaban J connectivity index is 1.81. The predicted octanol–water partition coefficient (Wildman–Crippen LogP) is 1.74. The normalized spacial score (nSPS) is 21.5. The fourth-order valence-corrected chi connectivity index (χ4v) is 5.78. The van der Waals surface area contributed by atoms with Crippen molar-refractivity contribution in [3.8, 4) is 5.75 Å². The first-order chi connectivity index (χ1) is 14.7. The Morgan fingerprint density at radius 2 is 2.00 bits per heavy atom. The Labute approximate surface area is 180 Å². The smallest absolute Gasteiger partial charge is 0.278 e. The molecule has 2 aromatic carbocycles. The number of benzene rings is 2. The maximum absolute atomic E-state index is 13.4. The summed E-state index contributed by atoms with van der Waals surface area (Å²) in [7, 11) is -2.74. The maximum Gasteiger partial charge on any atom is 0.278 e. The molecular weight excluding hydrogens is 427 g/mol. The number of rotatable bonds is 7. The lowest BCUT2D eigenvalue weighted by atomic mass is 9.92. The molecular formula is C21H25FN2O6S. The van der Waals surface area contributed by atoms with Crippen molar-refractivity contribution in [3.63, 3.8) is 0 Å². The summed E-state index contributed by atoms with van der Waals surface area (Å²) in [5, 5.41) is 10.9. The van der Waals surface area contributed by atoms with Gasteiger partial charge in [0.15, 0.2) is 15.4 Å². The average Bonchev–Trinajstić information content (AvgIpc) is 2.79. The Morgan fingerprint density at radius 1 is 1.29 bits per heavy atom. The van der Waals surface area contributed by atoms with Crippen molar-refractivity contribution in [2.24, 2.45) is 0 Å². The predicted molar refractivity (Wildman–Crippen MR) is 110 cm³/mol. The van der Waals surface area contributed by atoms with E-state index in [0.29, 0.717) is 17.9 Å². The number of sulfone groups is 1. The van der Waals surface area contributed by atoms with Gasteiger partial charge in [0.25, 0.3) is 5.91 Å². The molecule has 10 heteroatoms. The van der Waals surface area contributed by atoms with E-state index in [-0.39, 0.29) is 30.3 Å². The molecule has 1 saturated heterocycles. The first-order valence-electron chi connectivity index (χ1n) is 9.67. The lowest BCUT2D eigenvalue weighted by molar-refractivity contribution is -0.153. The van der Waals surface area contributed by atoms with Gasteiger partial charge in [0, 0.05) is 13.7 Å². The van der Waals surface area contributed by atoms with Crippen molar-refractivity contribution in [1.29, 1.82) is 0 Å². The topological polar surface area (TPSA) is 114 Å². The van der Waals surface area contributed by atoms with Crippen molar-refractivity contribution in [1.82, 2.24) is 10.8 Å². The minimum atomic E-state index is -3.98. The third-order valence-electron chi connectivity index (χ3n) is 5.57. The molecule has 0 radical (unpaired) electrons. The number of hydrogen-bond acceptors (Lipinski definition) is 7. The summed E-state index contributed by atoms with van der Waals surface area (Å²) >= 11 is 0. The first-order valence-corrected chi connectivity index (χ1v) is 11.2. The molecule has 1 heterocycles. The first kappa shape index (κ1) is 23.1. The van der Waals surface area contributed by atoms with Crippen LogP contribution in [-0.2, 0) is 26.0 Å². The number of hydrogen-bond donors (Lipinski definition) is 3. The van der Waals surface area contributed by atoms with Gasteiger partial charge in [-0.2, -0.15) is 0 Å². The molecule has 0 aliphatic carbocycles. The molecule has 0 spiro atoms. The number of hydroxylamine groups is 1. The summed E-state index contributed by atoms with van der Waals surface area (Å²) in [5.74, 6) is -0.874. The Hall–Kier alpha value is -2.53. The molecule has 2 unspecified atom stereocenters. The molecule has 0 saturated carbocycles. The molecule has 1 aliphatic heterocycles. The van der Waals surface area contributed by atoms with Gasteiger partial charge in [0.2, 0.25) is 0 Å². The zero-order chi connectivity index (χ0) is 22.6. The Morgan fingerprint density at radius 3 is 2.65 bits per heavy atom. The van der Waals surface area contributed by atoms with Crippen LogP contribution in [0.1, 0.15) is 17.5 Å². The summed E-state index contributed by atoms with van der Waals surface area (Å²) in [6.07, 6.45) is 0.126. The van der Waals surface area contributed by atoms with E-state index in [9.17, 15) is 17.6 Å². The van der Waals surface area contributed by atoms with Gasteiger partial charge in [0.05, 0.1) is 4.90 Å². The van der Waals surface area contributed by atoms with Crippen LogP contribution in [0.25, 0.3) is 0 Å². The van der Waals surface area contributed by atoms with Crippen LogP contribution in [0, 0.1) is 12.7 Å². The van der Waals surface area contributed by atoms with Crippen molar-refractivity contribution in [2.45, 2.75) is 35.7 Å². The minimum absolute atomic E-state index is 0.000788. The number of methoxy groups -OCH3 is 1. The highest BCUT2D eigenvalue weighted by Gasteiger charge is 2.54. The van der Waals surface area contributed by atoms with Gasteiger partial charge in [-0.25, -0.2) is 18.3 Å². The van der Waals surface area contributed by atoms with Crippen molar-refractivity contribution >= 4 is 15.7 Å². The number of nitrogens with one attached hydrogen (secondary N) is 2. The SMILES string of the molecule is COC1(C(=O)NO)CNCCC1S(=O)(=O)c1ccc(OCc2cc(F)ccc2C)cc1. The lowest BCUT2D eigenvalue weighted by Gasteiger charge is -2.40. The third-order valence-corrected chi connectivity index (χ3v) is 7.87. The largest absolute Gasteiger partial charge is 0.489 e. The van der Waals surface area contributed by atoms with Crippen LogP contribution >= 0.6 is 0 Å². The number of carbonyl (C=O) groups excluding carboxylic acids is 1. The highest BCUT2D eigenvalue weighted by Crippen LogP contribution is 2.32. The summed E-state index contributed by atoms with van der Waals surface area (Å²) in [4.78, 5) is 12.3. The lowest BCUT2D eigenvalue weighted by Crippen LogP contribution is -2.66. The number of amides is 1. The zero-order valence-corrected chi connectivity index (χ0v) is 18.0. The van der Waals surface area contributed by atoms with Crippen LogP contribution in [0.3, 0.4) is 0 Å².